The Hall–Kier alpha value is -0.780. The fraction of sp³-hybridized carbons (Fsp3) is 0.417. The van der Waals surface area contributed by atoms with Gasteiger partial charge in [0.15, 0.2) is 0 Å². The predicted molar refractivity (Wildman–Crippen MR) is 50.9 cm³/mol. The summed E-state index contributed by atoms with van der Waals surface area (Å²) in [6.07, 6.45) is 9.57. The lowest BCUT2D eigenvalue weighted by molar-refractivity contribution is 0.694. The molecule has 2 rings (SSSR count). The van der Waals surface area contributed by atoms with E-state index in [4.69, 9.17) is 0 Å². The molecule has 0 saturated carbocycles. The molecule has 1 aliphatic carbocycles. The quantitative estimate of drug-likeness (QED) is 0.544. The lowest BCUT2D eigenvalue weighted by Gasteiger charge is -2.12. The lowest BCUT2D eigenvalue weighted by Crippen LogP contribution is -1.99. The van der Waals surface area contributed by atoms with Gasteiger partial charge in [-0.05, 0) is 43.2 Å². The van der Waals surface area contributed by atoms with Gasteiger partial charge in [-0.15, -0.1) is 0 Å². The Morgan fingerprint density at radius 1 is 1.00 bits per heavy atom. The number of hydrogen-bond donors (Lipinski definition) is 0. The van der Waals surface area contributed by atoms with E-state index in [2.05, 4.69) is 30.7 Å². The molecule has 0 spiro atoms. The van der Waals surface area contributed by atoms with E-state index in [1.807, 2.05) is 0 Å². The second kappa shape index (κ2) is 3.75. The zero-order chi connectivity index (χ0) is 8.23. The molecule has 0 heterocycles. The van der Waals surface area contributed by atoms with Crippen LogP contribution in [0.2, 0.25) is 0 Å². The number of fused-ring (bicyclic) bond motifs is 1. The fourth-order valence-electron chi connectivity index (χ4n) is 1.76. The second-order valence-electron chi connectivity index (χ2n) is 3.40. The first-order valence-electron chi connectivity index (χ1n) is 4.74. The van der Waals surface area contributed by atoms with Crippen molar-refractivity contribution in [1.82, 2.24) is 0 Å². The molecule has 0 aliphatic heterocycles. The molecule has 0 saturated heterocycles. The highest BCUT2D eigenvalue weighted by Gasteiger charge is 2.04. The zero-order valence-electron chi connectivity index (χ0n) is 7.34. The van der Waals surface area contributed by atoms with Crippen LogP contribution in [0, 0.1) is 6.42 Å². The third-order valence-corrected chi connectivity index (χ3v) is 2.48. The highest BCUT2D eigenvalue weighted by atomic mass is 14.1. The van der Waals surface area contributed by atoms with E-state index in [0.717, 1.165) is 6.42 Å². The number of rotatable bonds is 0. The lowest BCUT2D eigenvalue weighted by atomic mass is 9.94. The Bertz CT molecular complexity index is 223. The molecule has 0 amide bonds. The summed E-state index contributed by atoms with van der Waals surface area (Å²) in [6, 6.07) is 8.75. The monoisotopic (exact) mass is 158 g/mol. The zero-order valence-corrected chi connectivity index (χ0v) is 7.34. The van der Waals surface area contributed by atoms with Gasteiger partial charge in [0.1, 0.15) is 0 Å². The Morgan fingerprint density at radius 2 is 1.83 bits per heavy atom. The number of hydrogen-bond acceptors (Lipinski definition) is 0. The van der Waals surface area contributed by atoms with Gasteiger partial charge in [-0.3, -0.25) is 0 Å². The van der Waals surface area contributed by atoms with E-state index >= 15 is 0 Å². The predicted octanol–water partition coefficient (Wildman–Crippen LogP) is 3.04. The smallest absolute Gasteiger partial charge is 0.0126 e. The van der Waals surface area contributed by atoms with Crippen molar-refractivity contribution in [3.05, 3.63) is 41.8 Å². The van der Waals surface area contributed by atoms with Gasteiger partial charge in [-0.1, -0.05) is 30.7 Å². The molecule has 1 aliphatic rings. The molecule has 1 aromatic carbocycles. The molecule has 1 aromatic rings. The third kappa shape index (κ3) is 1.69. The minimum atomic E-state index is 1.05. The first-order chi connectivity index (χ1) is 5.97. The van der Waals surface area contributed by atoms with Crippen LogP contribution in [0.1, 0.15) is 30.4 Å². The van der Waals surface area contributed by atoms with Crippen LogP contribution in [0.4, 0.5) is 0 Å². The molecule has 12 heavy (non-hydrogen) atoms. The Morgan fingerprint density at radius 3 is 2.75 bits per heavy atom. The average Bonchev–Trinajstić information content (AvgIpc) is 2.06. The van der Waals surface area contributed by atoms with Crippen LogP contribution < -0.4 is 0 Å². The van der Waals surface area contributed by atoms with Gasteiger partial charge < -0.3 is 0 Å². The van der Waals surface area contributed by atoms with Crippen molar-refractivity contribution in [3.63, 3.8) is 0 Å². The average molecular weight is 158 g/mol. The summed E-state index contributed by atoms with van der Waals surface area (Å²) in [7, 11) is 0. The fourth-order valence-corrected chi connectivity index (χ4v) is 1.76. The first kappa shape index (κ1) is 7.85. The van der Waals surface area contributed by atoms with E-state index < -0.39 is 0 Å². The minimum Gasteiger partial charge on any atom is -0.0620 e. The summed E-state index contributed by atoms with van der Waals surface area (Å²) in [5.74, 6) is 0. The summed E-state index contributed by atoms with van der Waals surface area (Å²) >= 11 is 0. The molecule has 0 N–H and O–H groups in total. The molecule has 0 fully saturated rings. The molecule has 0 bridgehead atoms. The van der Waals surface area contributed by atoms with Crippen LogP contribution in [0.3, 0.4) is 0 Å². The number of benzene rings is 1. The first-order valence-corrected chi connectivity index (χ1v) is 4.74. The van der Waals surface area contributed by atoms with Crippen molar-refractivity contribution in [2.75, 3.05) is 0 Å². The molecule has 2 radical (unpaired) electrons. The Kier molecular flexibility index (Phi) is 2.45. The van der Waals surface area contributed by atoms with E-state index in [9.17, 15) is 0 Å². The maximum absolute atomic E-state index is 3.44. The summed E-state index contributed by atoms with van der Waals surface area (Å²) in [5, 5.41) is 0. The Labute approximate surface area is 74.6 Å². The molecular weight excluding hydrogens is 144 g/mol. The SMILES string of the molecule is [C]1CCCCc2ccccc2C1. The highest BCUT2D eigenvalue weighted by Crippen LogP contribution is 2.18. The Balaban J connectivity index is 2.24. The largest absolute Gasteiger partial charge is 0.0620 e. The molecule has 0 aromatic heterocycles. The van der Waals surface area contributed by atoms with Gasteiger partial charge in [0.05, 0.1) is 0 Å². The van der Waals surface area contributed by atoms with Crippen molar-refractivity contribution < 1.29 is 0 Å². The van der Waals surface area contributed by atoms with E-state index in [-0.39, 0.29) is 0 Å². The van der Waals surface area contributed by atoms with E-state index in [0.29, 0.717) is 0 Å². The van der Waals surface area contributed by atoms with Gasteiger partial charge >= 0.3 is 0 Å². The maximum Gasteiger partial charge on any atom is -0.0126 e. The molecule has 0 nitrogen and oxygen atoms in total. The van der Waals surface area contributed by atoms with Gasteiger partial charge in [0.25, 0.3) is 0 Å². The van der Waals surface area contributed by atoms with Crippen LogP contribution in [-0.4, -0.2) is 0 Å². The summed E-state index contributed by atoms with van der Waals surface area (Å²) < 4.78 is 0. The van der Waals surface area contributed by atoms with Crippen LogP contribution in [0.5, 0.6) is 0 Å². The molecule has 0 unspecified atom stereocenters. The minimum absolute atomic E-state index is 1.05. The van der Waals surface area contributed by atoms with Gasteiger partial charge in [-0.25, -0.2) is 0 Å². The third-order valence-electron chi connectivity index (χ3n) is 2.48. The van der Waals surface area contributed by atoms with Crippen LogP contribution >= 0.6 is 0 Å². The van der Waals surface area contributed by atoms with E-state index in [1.54, 1.807) is 0 Å². The maximum atomic E-state index is 3.44. The summed E-state index contributed by atoms with van der Waals surface area (Å²) in [5.41, 5.74) is 3.02. The van der Waals surface area contributed by atoms with Crippen molar-refractivity contribution in [2.24, 2.45) is 0 Å². The standard InChI is InChI=1S/C12H14/c1-2-4-8-12-10-6-5-9-11(12)7-3-1/h5-6,9-10H,1-3,7-8H2. The highest BCUT2D eigenvalue weighted by molar-refractivity contribution is 5.28. The van der Waals surface area contributed by atoms with E-state index in [1.165, 1.54) is 36.8 Å². The molecular formula is C12H14. The van der Waals surface area contributed by atoms with Gasteiger partial charge in [-0.2, -0.15) is 0 Å². The topological polar surface area (TPSA) is 0 Å². The van der Waals surface area contributed by atoms with Crippen molar-refractivity contribution in [3.8, 4) is 0 Å². The normalized spacial score (nSPS) is 17.7. The van der Waals surface area contributed by atoms with Crippen molar-refractivity contribution in [2.45, 2.75) is 32.1 Å². The van der Waals surface area contributed by atoms with Crippen LogP contribution in [0.25, 0.3) is 0 Å². The van der Waals surface area contributed by atoms with Gasteiger partial charge in [0, 0.05) is 0 Å². The van der Waals surface area contributed by atoms with Crippen LogP contribution in [-0.2, 0) is 12.8 Å². The molecule has 0 atom stereocenters. The molecule has 0 heteroatoms. The second-order valence-corrected chi connectivity index (χ2v) is 3.40. The van der Waals surface area contributed by atoms with Gasteiger partial charge in [0.2, 0.25) is 0 Å². The summed E-state index contributed by atoms with van der Waals surface area (Å²) in [4.78, 5) is 0. The summed E-state index contributed by atoms with van der Waals surface area (Å²) in [6.45, 7) is 0. The van der Waals surface area contributed by atoms with Crippen molar-refractivity contribution >= 4 is 0 Å². The van der Waals surface area contributed by atoms with Crippen LogP contribution in [0.15, 0.2) is 24.3 Å². The molecule has 62 valence electrons. The van der Waals surface area contributed by atoms with Crippen molar-refractivity contribution in [1.29, 1.82) is 0 Å². The number of aryl methyl sites for hydroxylation is 1.